The second-order valence-corrected chi connectivity index (χ2v) is 6.70. The number of hydrogen-bond donors (Lipinski definition) is 1. The summed E-state index contributed by atoms with van der Waals surface area (Å²) < 4.78 is 5.28. The maximum Gasteiger partial charge on any atom is 0.410 e. The lowest BCUT2D eigenvalue weighted by Gasteiger charge is -2.39. The van der Waals surface area contributed by atoms with E-state index in [1.165, 1.54) is 0 Å². The van der Waals surface area contributed by atoms with Crippen LogP contribution in [0.25, 0.3) is 10.4 Å². The molecule has 2 amide bonds. The Kier molecular flexibility index (Phi) is 5.31. The first-order chi connectivity index (χ1) is 11.3. The van der Waals surface area contributed by atoms with E-state index < -0.39 is 5.60 Å². The summed E-state index contributed by atoms with van der Waals surface area (Å²) in [5.74, 6) is 0.0298. The zero-order valence-corrected chi connectivity index (χ0v) is 14.0. The topological polar surface area (TPSA) is 107 Å². The van der Waals surface area contributed by atoms with Crippen LogP contribution in [0.15, 0.2) is 29.4 Å². The predicted molar refractivity (Wildman–Crippen MR) is 88.9 cm³/mol. The molecular weight excluding hydrogens is 310 g/mol. The third-order valence-electron chi connectivity index (χ3n) is 3.45. The minimum atomic E-state index is -0.502. The molecule has 1 fully saturated rings. The van der Waals surface area contributed by atoms with Gasteiger partial charge in [-0.05, 0) is 38.4 Å². The number of nitrogens with zero attached hydrogens (tertiary/aromatic N) is 4. The number of carbonyl (C=O) groups is 2. The lowest BCUT2D eigenvalue weighted by molar-refractivity contribution is -0.000532. The first kappa shape index (κ1) is 17.6. The van der Waals surface area contributed by atoms with Gasteiger partial charge in [0.25, 0.3) is 5.91 Å². The number of carbonyl (C=O) groups excluding carboxylic acids is 2. The highest BCUT2D eigenvalue weighted by atomic mass is 16.6. The van der Waals surface area contributed by atoms with Gasteiger partial charge in [-0.15, -0.1) is 0 Å². The van der Waals surface area contributed by atoms with E-state index in [1.54, 1.807) is 29.2 Å². The number of azide groups is 1. The van der Waals surface area contributed by atoms with Crippen molar-refractivity contribution >= 4 is 17.7 Å². The van der Waals surface area contributed by atoms with E-state index in [-0.39, 0.29) is 17.9 Å². The third-order valence-corrected chi connectivity index (χ3v) is 3.45. The second kappa shape index (κ2) is 7.23. The summed E-state index contributed by atoms with van der Waals surface area (Å²) >= 11 is 0. The fourth-order valence-corrected chi connectivity index (χ4v) is 2.24. The monoisotopic (exact) mass is 331 g/mol. The molecule has 1 heterocycles. The van der Waals surface area contributed by atoms with Gasteiger partial charge in [0.2, 0.25) is 0 Å². The molecular formula is C16H21N5O3. The van der Waals surface area contributed by atoms with Crippen molar-refractivity contribution in [3.63, 3.8) is 0 Å². The minimum absolute atomic E-state index is 0.196. The molecule has 2 rings (SSSR count). The standard InChI is InChI=1S/C16H21N5O3/c1-16(2,3)24-15(23)21-9-11(10-21)8-18-14(22)12-4-6-13(7-5-12)19-20-17/h4-7,11H,8-10H2,1-3H3,(H,18,22). The molecule has 24 heavy (non-hydrogen) atoms. The molecule has 0 saturated carbocycles. The fraction of sp³-hybridized carbons (Fsp3) is 0.500. The van der Waals surface area contributed by atoms with Crippen LogP contribution in [0.5, 0.6) is 0 Å². The predicted octanol–water partition coefficient (Wildman–Crippen LogP) is 3.23. The molecule has 0 aromatic heterocycles. The molecule has 0 radical (unpaired) electrons. The summed E-state index contributed by atoms with van der Waals surface area (Å²) in [6, 6.07) is 6.38. The molecule has 0 unspecified atom stereocenters. The van der Waals surface area contributed by atoms with Crippen LogP contribution in [0.1, 0.15) is 31.1 Å². The number of nitrogens with one attached hydrogen (secondary N) is 1. The molecule has 1 aromatic carbocycles. The number of amides is 2. The van der Waals surface area contributed by atoms with Gasteiger partial charge in [-0.2, -0.15) is 0 Å². The Morgan fingerprint density at radius 2 is 1.96 bits per heavy atom. The van der Waals surface area contributed by atoms with Crippen LogP contribution in [0.3, 0.4) is 0 Å². The highest BCUT2D eigenvalue weighted by molar-refractivity contribution is 5.94. The minimum Gasteiger partial charge on any atom is -0.444 e. The Morgan fingerprint density at radius 1 is 1.33 bits per heavy atom. The van der Waals surface area contributed by atoms with Crippen LogP contribution >= 0.6 is 0 Å². The average molecular weight is 331 g/mol. The Labute approximate surface area is 140 Å². The molecule has 1 aliphatic heterocycles. The Morgan fingerprint density at radius 3 is 2.50 bits per heavy atom. The van der Waals surface area contributed by atoms with E-state index in [1.807, 2.05) is 20.8 Å². The van der Waals surface area contributed by atoms with Crippen molar-refractivity contribution in [3.05, 3.63) is 40.3 Å². The summed E-state index contributed by atoms with van der Waals surface area (Å²) in [6.45, 7) is 7.13. The molecule has 0 spiro atoms. The largest absolute Gasteiger partial charge is 0.444 e. The Hall–Kier alpha value is -2.73. The molecule has 1 saturated heterocycles. The van der Waals surface area contributed by atoms with Gasteiger partial charge in [0.05, 0.1) is 0 Å². The lowest BCUT2D eigenvalue weighted by Crippen LogP contribution is -2.54. The molecule has 8 heteroatoms. The summed E-state index contributed by atoms with van der Waals surface area (Å²) in [7, 11) is 0. The summed E-state index contributed by atoms with van der Waals surface area (Å²) in [5, 5.41) is 6.29. The van der Waals surface area contributed by atoms with Crippen LogP contribution in [0, 0.1) is 5.92 Å². The smallest absolute Gasteiger partial charge is 0.410 e. The quantitative estimate of drug-likeness (QED) is 0.520. The van der Waals surface area contributed by atoms with Crippen LogP contribution in [0.2, 0.25) is 0 Å². The van der Waals surface area contributed by atoms with Crippen molar-refractivity contribution in [3.8, 4) is 0 Å². The maximum atomic E-state index is 12.0. The van der Waals surface area contributed by atoms with E-state index in [0.717, 1.165) is 0 Å². The molecule has 1 aliphatic rings. The first-order valence-electron chi connectivity index (χ1n) is 7.70. The van der Waals surface area contributed by atoms with Crippen molar-refractivity contribution in [2.24, 2.45) is 11.0 Å². The van der Waals surface area contributed by atoms with Gasteiger partial charge < -0.3 is 15.0 Å². The zero-order valence-electron chi connectivity index (χ0n) is 14.0. The van der Waals surface area contributed by atoms with Crippen LogP contribution in [0.4, 0.5) is 10.5 Å². The molecule has 128 valence electrons. The van der Waals surface area contributed by atoms with Crippen molar-refractivity contribution in [2.75, 3.05) is 19.6 Å². The van der Waals surface area contributed by atoms with Crippen molar-refractivity contribution in [2.45, 2.75) is 26.4 Å². The second-order valence-electron chi connectivity index (χ2n) is 6.70. The number of hydrogen-bond acceptors (Lipinski definition) is 4. The van der Waals surface area contributed by atoms with Crippen LogP contribution < -0.4 is 5.32 Å². The van der Waals surface area contributed by atoms with E-state index in [9.17, 15) is 9.59 Å². The van der Waals surface area contributed by atoms with E-state index >= 15 is 0 Å². The molecule has 0 bridgehead atoms. The van der Waals surface area contributed by atoms with Gasteiger partial charge in [0.1, 0.15) is 5.60 Å². The number of likely N-dealkylation sites (tertiary alicyclic amines) is 1. The van der Waals surface area contributed by atoms with Crippen molar-refractivity contribution < 1.29 is 14.3 Å². The van der Waals surface area contributed by atoms with Crippen LogP contribution in [-0.2, 0) is 4.74 Å². The average Bonchev–Trinajstić information content (AvgIpc) is 2.44. The van der Waals surface area contributed by atoms with Gasteiger partial charge in [-0.3, -0.25) is 4.79 Å². The van der Waals surface area contributed by atoms with Gasteiger partial charge in [-0.1, -0.05) is 17.2 Å². The van der Waals surface area contributed by atoms with E-state index in [2.05, 4.69) is 15.3 Å². The molecule has 8 nitrogen and oxygen atoms in total. The number of rotatable bonds is 4. The fourth-order valence-electron chi connectivity index (χ4n) is 2.24. The summed E-state index contributed by atoms with van der Waals surface area (Å²) in [6.07, 6.45) is -0.321. The molecule has 1 aromatic rings. The van der Waals surface area contributed by atoms with Gasteiger partial charge >= 0.3 is 6.09 Å². The highest BCUT2D eigenvalue weighted by Crippen LogP contribution is 2.19. The molecule has 1 N–H and O–H groups in total. The SMILES string of the molecule is CC(C)(C)OC(=O)N1CC(CNC(=O)c2ccc(N=[N+]=[N-])cc2)C1. The summed E-state index contributed by atoms with van der Waals surface area (Å²) in [5.41, 5.74) is 8.80. The van der Waals surface area contributed by atoms with Gasteiger partial charge in [0.15, 0.2) is 0 Å². The van der Waals surface area contributed by atoms with Crippen molar-refractivity contribution in [1.82, 2.24) is 10.2 Å². The normalized spacial score (nSPS) is 14.4. The lowest BCUT2D eigenvalue weighted by atomic mass is 10.0. The number of ether oxygens (including phenoxy) is 1. The van der Waals surface area contributed by atoms with Crippen molar-refractivity contribution in [1.29, 1.82) is 0 Å². The van der Waals surface area contributed by atoms with E-state index in [0.29, 0.717) is 30.9 Å². The molecule has 0 atom stereocenters. The number of benzene rings is 1. The third kappa shape index (κ3) is 4.89. The zero-order chi connectivity index (χ0) is 17.7. The van der Waals surface area contributed by atoms with Crippen LogP contribution in [-0.4, -0.2) is 42.1 Å². The Bertz CT molecular complexity index is 653. The maximum absolute atomic E-state index is 12.0. The van der Waals surface area contributed by atoms with Gasteiger partial charge in [-0.25, -0.2) is 4.79 Å². The van der Waals surface area contributed by atoms with Gasteiger partial charge in [0, 0.05) is 41.7 Å². The molecule has 0 aliphatic carbocycles. The van der Waals surface area contributed by atoms with E-state index in [4.69, 9.17) is 10.3 Å². The first-order valence-corrected chi connectivity index (χ1v) is 7.70. The summed E-state index contributed by atoms with van der Waals surface area (Å²) in [4.78, 5) is 28.2. The Balaban J connectivity index is 1.74. The highest BCUT2D eigenvalue weighted by Gasteiger charge is 2.33.